The third-order valence-electron chi connectivity index (χ3n) is 2.16. The second-order valence-electron chi connectivity index (χ2n) is 3.10. The molecule has 0 radical (unpaired) electrons. The summed E-state index contributed by atoms with van der Waals surface area (Å²) in [6.07, 6.45) is 0.552. The second kappa shape index (κ2) is 4.00. The number of nitrogens with two attached hydrogens (primary N) is 1. The lowest BCUT2D eigenvalue weighted by molar-refractivity contribution is 0.277. The predicted molar refractivity (Wildman–Crippen MR) is 56.0 cm³/mol. The number of hydrogen-bond acceptors (Lipinski definition) is 5. The Morgan fingerprint density at radius 2 is 2.29 bits per heavy atom. The molecule has 0 saturated heterocycles. The first-order chi connectivity index (χ1) is 6.83. The van der Waals surface area contributed by atoms with Gasteiger partial charge in [-0.1, -0.05) is 12.1 Å². The number of nitrogens with zero attached hydrogens (tertiary/aromatic N) is 2. The summed E-state index contributed by atoms with van der Waals surface area (Å²) in [6.45, 7) is 0.0924. The average molecular weight is 209 g/mol. The highest BCUT2D eigenvalue weighted by Crippen LogP contribution is 2.22. The fourth-order valence-corrected chi connectivity index (χ4v) is 1.98. The molecule has 2 aromatic rings. The zero-order valence-corrected chi connectivity index (χ0v) is 8.37. The van der Waals surface area contributed by atoms with Gasteiger partial charge in [-0.15, -0.1) is 0 Å². The molecule has 4 nitrogen and oxygen atoms in total. The van der Waals surface area contributed by atoms with Crippen molar-refractivity contribution in [3.63, 3.8) is 0 Å². The van der Waals surface area contributed by atoms with E-state index in [-0.39, 0.29) is 12.6 Å². The highest BCUT2D eigenvalue weighted by atomic mass is 32.1. The largest absolute Gasteiger partial charge is 0.396 e. The maximum absolute atomic E-state index is 8.81. The zero-order chi connectivity index (χ0) is 9.97. The molecule has 0 aliphatic heterocycles. The minimum atomic E-state index is -0.160. The van der Waals surface area contributed by atoms with Crippen molar-refractivity contribution in [1.82, 2.24) is 8.75 Å². The Bertz CT molecular complexity index is 429. The van der Waals surface area contributed by atoms with Crippen LogP contribution < -0.4 is 5.73 Å². The first-order valence-electron chi connectivity index (χ1n) is 4.40. The molecule has 0 bridgehead atoms. The smallest absolute Gasteiger partial charge is 0.109 e. The van der Waals surface area contributed by atoms with Crippen molar-refractivity contribution in [1.29, 1.82) is 0 Å². The van der Waals surface area contributed by atoms with Crippen LogP contribution in [0.5, 0.6) is 0 Å². The molecular weight excluding hydrogens is 198 g/mol. The van der Waals surface area contributed by atoms with Gasteiger partial charge in [0.2, 0.25) is 0 Å². The van der Waals surface area contributed by atoms with Gasteiger partial charge in [0.15, 0.2) is 0 Å². The Kier molecular flexibility index (Phi) is 2.72. The quantitative estimate of drug-likeness (QED) is 0.793. The van der Waals surface area contributed by atoms with E-state index in [2.05, 4.69) is 8.75 Å². The number of fused-ring (bicyclic) bond motifs is 1. The molecule has 3 N–H and O–H groups in total. The average Bonchev–Trinajstić information content (AvgIpc) is 2.65. The molecule has 1 aromatic heterocycles. The van der Waals surface area contributed by atoms with Crippen LogP contribution in [0.2, 0.25) is 0 Å². The van der Waals surface area contributed by atoms with Crippen LogP contribution in [-0.2, 0) is 0 Å². The molecule has 0 fully saturated rings. The van der Waals surface area contributed by atoms with Gasteiger partial charge in [0.1, 0.15) is 11.0 Å². The summed E-state index contributed by atoms with van der Waals surface area (Å²) in [4.78, 5) is 0. The fourth-order valence-electron chi connectivity index (χ4n) is 1.42. The number of rotatable bonds is 3. The fraction of sp³-hybridized carbons (Fsp3) is 0.333. The summed E-state index contributed by atoms with van der Waals surface area (Å²) in [5.41, 5.74) is 8.61. The standard InChI is InChI=1S/C9H11N3OS/c10-7(4-5-13)6-2-1-3-8-9(6)12-14-11-8/h1-3,7,13H,4-5,10H2. The van der Waals surface area contributed by atoms with Crippen molar-refractivity contribution in [2.24, 2.45) is 5.73 Å². The molecule has 0 saturated carbocycles. The summed E-state index contributed by atoms with van der Waals surface area (Å²) < 4.78 is 8.33. The number of benzene rings is 1. The zero-order valence-electron chi connectivity index (χ0n) is 7.55. The predicted octanol–water partition coefficient (Wildman–Crippen LogP) is 1.07. The van der Waals surface area contributed by atoms with Crippen LogP contribution in [-0.4, -0.2) is 20.5 Å². The Balaban J connectivity index is 2.45. The molecule has 0 amide bonds. The maximum atomic E-state index is 8.81. The molecule has 5 heteroatoms. The van der Waals surface area contributed by atoms with Crippen LogP contribution in [0.1, 0.15) is 18.0 Å². The van der Waals surface area contributed by atoms with E-state index in [0.717, 1.165) is 16.6 Å². The highest BCUT2D eigenvalue weighted by molar-refractivity contribution is 7.00. The van der Waals surface area contributed by atoms with E-state index in [9.17, 15) is 0 Å². The molecule has 14 heavy (non-hydrogen) atoms. The van der Waals surface area contributed by atoms with Gasteiger partial charge in [-0.2, -0.15) is 8.75 Å². The van der Waals surface area contributed by atoms with Gasteiger partial charge in [0, 0.05) is 12.6 Å². The third kappa shape index (κ3) is 1.61. The van der Waals surface area contributed by atoms with Crippen LogP contribution in [0.25, 0.3) is 11.0 Å². The van der Waals surface area contributed by atoms with Crippen LogP contribution in [0.3, 0.4) is 0 Å². The van der Waals surface area contributed by atoms with Crippen molar-refractivity contribution in [2.45, 2.75) is 12.5 Å². The Hall–Kier alpha value is -1.04. The second-order valence-corrected chi connectivity index (χ2v) is 3.63. The summed E-state index contributed by atoms with van der Waals surface area (Å²) in [7, 11) is 0. The van der Waals surface area contributed by atoms with Crippen molar-refractivity contribution in [3.8, 4) is 0 Å². The molecule has 1 unspecified atom stereocenters. The lowest BCUT2D eigenvalue weighted by Crippen LogP contribution is -2.12. The molecule has 0 aliphatic rings. The van der Waals surface area contributed by atoms with E-state index in [1.807, 2.05) is 18.2 Å². The summed E-state index contributed by atoms with van der Waals surface area (Å²) in [5.74, 6) is 0. The first-order valence-corrected chi connectivity index (χ1v) is 5.13. The number of aliphatic hydroxyl groups excluding tert-OH is 1. The molecule has 2 rings (SSSR count). The van der Waals surface area contributed by atoms with Gasteiger partial charge in [-0.05, 0) is 18.1 Å². The third-order valence-corrected chi connectivity index (χ3v) is 2.70. The topological polar surface area (TPSA) is 72.0 Å². The molecular formula is C9H11N3OS. The van der Waals surface area contributed by atoms with Gasteiger partial charge >= 0.3 is 0 Å². The van der Waals surface area contributed by atoms with Gasteiger partial charge in [0.05, 0.1) is 11.7 Å². The normalized spacial score (nSPS) is 13.3. The maximum Gasteiger partial charge on any atom is 0.109 e. The summed E-state index contributed by atoms with van der Waals surface area (Å²) in [5, 5.41) is 8.81. The van der Waals surface area contributed by atoms with E-state index >= 15 is 0 Å². The van der Waals surface area contributed by atoms with Crippen LogP contribution in [0.4, 0.5) is 0 Å². The van der Waals surface area contributed by atoms with E-state index in [0.29, 0.717) is 6.42 Å². The minimum absolute atomic E-state index is 0.0924. The molecule has 1 aromatic carbocycles. The monoisotopic (exact) mass is 209 g/mol. The van der Waals surface area contributed by atoms with E-state index in [1.165, 1.54) is 11.7 Å². The number of hydrogen-bond donors (Lipinski definition) is 2. The van der Waals surface area contributed by atoms with Crippen molar-refractivity contribution < 1.29 is 5.11 Å². The number of aromatic nitrogens is 2. The minimum Gasteiger partial charge on any atom is -0.396 e. The van der Waals surface area contributed by atoms with Crippen LogP contribution in [0.15, 0.2) is 18.2 Å². The van der Waals surface area contributed by atoms with Crippen LogP contribution in [0, 0.1) is 0 Å². The van der Waals surface area contributed by atoms with Gasteiger partial charge in [-0.25, -0.2) is 0 Å². The Labute approximate surface area is 85.7 Å². The summed E-state index contributed by atoms with van der Waals surface area (Å²) in [6, 6.07) is 5.60. The summed E-state index contributed by atoms with van der Waals surface area (Å²) >= 11 is 1.18. The first kappa shape index (κ1) is 9.51. The number of aliphatic hydroxyl groups is 1. The molecule has 1 atom stereocenters. The van der Waals surface area contributed by atoms with Crippen molar-refractivity contribution in [2.75, 3.05) is 6.61 Å². The van der Waals surface area contributed by atoms with E-state index in [4.69, 9.17) is 10.8 Å². The molecule has 74 valence electrons. The van der Waals surface area contributed by atoms with Crippen molar-refractivity contribution in [3.05, 3.63) is 23.8 Å². The molecule has 0 aliphatic carbocycles. The lowest BCUT2D eigenvalue weighted by Gasteiger charge is -2.09. The lowest BCUT2D eigenvalue weighted by atomic mass is 10.0. The molecule has 1 heterocycles. The Morgan fingerprint density at radius 1 is 1.43 bits per heavy atom. The van der Waals surface area contributed by atoms with Gasteiger partial charge in [-0.3, -0.25) is 0 Å². The highest BCUT2D eigenvalue weighted by Gasteiger charge is 2.11. The van der Waals surface area contributed by atoms with Crippen molar-refractivity contribution >= 4 is 22.8 Å². The van der Waals surface area contributed by atoms with Gasteiger partial charge in [0.25, 0.3) is 0 Å². The van der Waals surface area contributed by atoms with E-state index < -0.39 is 0 Å². The van der Waals surface area contributed by atoms with E-state index in [1.54, 1.807) is 0 Å². The van der Waals surface area contributed by atoms with Crippen LogP contribution >= 0.6 is 11.7 Å². The Morgan fingerprint density at radius 3 is 3.07 bits per heavy atom. The molecule has 0 spiro atoms. The van der Waals surface area contributed by atoms with Gasteiger partial charge < -0.3 is 10.8 Å². The SMILES string of the molecule is NC(CCO)c1cccc2nsnc12.